The number of benzene rings is 2. The van der Waals surface area contributed by atoms with Gasteiger partial charge in [-0.05, 0) is 61.2 Å². The summed E-state index contributed by atoms with van der Waals surface area (Å²) in [4.78, 5) is 3.13. The maximum Gasteiger partial charge on any atom is 0.203 e. The van der Waals surface area contributed by atoms with Gasteiger partial charge in [-0.1, -0.05) is 18.2 Å². The van der Waals surface area contributed by atoms with Crippen molar-refractivity contribution >= 4 is 9.84 Å². The van der Waals surface area contributed by atoms with E-state index in [0.29, 0.717) is 27.7 Å². The Kier molecular flexibility index (Phi) is 5.84. The maximum atomic E-state index is 13.1. The van der Waals surface area contributed by atoms with E-state index < -0.39 is 9.84 Å². The quantitative estimate of drug-likeness (QED) is 0.717. The number of piperidine rings is 1. The molecule has 0 N–H and O–H groups in total. The van der Waals surface area contributed by atoms with Crippen LogP contribution in [0.5, 0.6) is 11.5 Å². The standard InChI is InChI=1S/C23H26FNO4S/c1-28-21-13-18-12-20(30(26,27)23(18)14-22(21)29-2)11-16-7-9-25(10-8-16)15-17-3-5-19(24)6-4-17/h3-6,11,13-14,16H,7-10,12,15H2,1-2H3. The van der Waals surface area contributed by atoms with Crippen molar-refractivity contribution in [2.45, 2.75) is 30.7 Å². The van der Waals surface area contributed by atoms with Gasteiger partial charge in [-0.3, -0.25) is 4.90 Å². The minimum Gasteiger partial charge on any atom is -0.493 e. The first-order valence-electron chi connectivity index (χ1n) is 10.1. The average molecular weight is 432 g/mol. The van der Waals surface area contributed by atoms with Crippen molar-refractivity contribution in [2.75, 3.05) is 27.3 Å². The molecule has 160 valence electrons. The molecule has 0 spiro atoms. The topological polar surface area (TPSA) is 55.8 Å². The van der Waals surface area contributed by atoms with Crippen LogP contribution in [0, 0.1) is 11.7 Å². The highest BCUT2D eigenvalue weighted by Crippen LogP contribution is 2.41. The van der Waals surface area contributed by atoms with Crippen LogP contribution in [-0.2, 0) is 22.8 Å². The van der Waals surface area contributed by atoms with E-state index >= 15 is 0 Å². The van der Waals surface area contributed by atoms with Gasteiger partial charge in [0.05, 0.1) is 19.1 Å². The van der Waals surface area contributed by atoms with Crippen molar-refractivity contribution in [3.05, 3.63) is 64.3 Å². The highest BCUT2D eigenvalue weighted by atomic mass is 32.2. The number of fused-ring (bicyclic) bond motifs is 1. The smallest absolute Gasteiger partial charge is 0.203 e. The largest absolute Gasteiger partial charge is 0.493 e. The van der Waals surface area contributed by atoms with Gasteiger partial charge in [-0.25, -0.2) is 12.8 Å². The van der Waals surface area contributed by atoms with Gasteiger partial charge in [0, 0.05) is 23.9 Å². The number of sulfone groups is 1. The van der Waals surface area contributed by atoms with Crippen LogP contribution < -0.4 is 9.47 Å². The average Bonchev–Trinajstić information content (AvgIpc) is 2.99. The van der Waals surface area contributed by atoms with Gasteiger partial charge in [0.25, 0.3) is 0 Å². The molecular weight excluding hydrogens is 405 g/mol. The van der Waals surface area contributed by atoms with Gasteiger partial charge in [-0.15, -0.1) is 0 Å². The van der Waals surface area contributed by atoms with Crippen molar-refractivity contribution < 1.29 is 22.3 Å². The summed E-state index contributed by atoms with van der Waals surface area (Å²) >= 11 is 0. The van der Waals surface area contributed by atoms with Crippen LogP contribution in [0.4, 0.5) is 4.39 Å². The second-order valence-electron chi connectivity index (χ2n) is 7.87. The van der Waals surface area contributed by atoms with Gasteiger partial charge in [0.15, 0.2) is 11.5 Å². The van der Waals surface area contributed by atoms with Crippen molar-refractivity contribution in [3.63, 3.8) is 0 Å². The Bertz CT molecular complexity index is 1060. The molecule has 30 heavy (non-hydrogen) atoms. The lowest BCUT2D eigenvalue weighted by Gasteiger charge is -2.30. The molecule has 0 bridgehead atoms. The van der Waals surface area contributed by atoms with Crippen molar-refractivity contribution in [1.29, 1.82) is 0 Å². The third-order valence-corrected chi connectivity index (χ3v) is 7.87. The zero-order valence-electron chi connectivity index (χ0n) is 17.2. The van der Waals surface area contributed by atoms with Crippen molar-refractivity contribution in [3.8, 4) is 11.5 Å². The fraction of sp³-hybridized carbons (Fsp3) is 0.391. The van der Waals surface area contributed by atoms with Crippen LogP contribution in [0.25, 0.3) is 0 Å². The number of allylic oxidation sites excluding steroid dienone is 2. The summed E-state index contributed by atoms with van der Waals surface area (Å²) in [7, 11) is -0.445. The monoisotopic (exact) mass is 431 g/mol. The molecule has 1 fully saturated rings. The highest BCUT2D eigenvalue weighted by molar-refractivity contribution is 7.95. The molecule has 2 aliphatic heterocycles. The van der Waals surface area contributed by atoms with Crippen molar-refractivity contribution in [1.82, 2.24) is 4.90 Å². The van der Waals surface area contributed by atoms with Gasteiger partial charge in [0.1, 0.15) is 5.82 Å². The van der Waals surface area contributed by atoms with E-state index in [0.717, 1.165) is 43.6 Å². The molecule has 5 nitrogen and oxygen atoms in total. The van der Waals surface area contributed by atoms with E-state index in [1.54, 1.807) is 19.2 Å². The van der Waals surface area contributed by atoms with E-state index in [4.69, 9.17) is 9.47 Å². The molecule has 2 heterocycles. The molecule has 7 heteroatoms. The second-order valence-corrected chi connectivity index (χ2v) is 9.84. The number of nitrogens with zero attached hydrogens (tertiary/aromatic N) is 1. The zero-order valence-corrected chi connectivity index (χ0v) is 18.0. The number of methoxy groups -OCH3 is 2. The lowest BCUT2D eigenvalue weighted by atomic mass is 9.95. The summed E-state index contributed by atoms with van der Waals surface area (Å²) in [5.41, 5.74) is 1.84. The Morgan fingerprint density at radius 3 is 2.33 bits per heavy atom. The van der Waals surface area contributed by atoms with Crippen LogP contribution in [0.1, 0.15) is 24.0 Å². The number of rotatable bonds is 5. The predicted octanol–water partition coefficient (Wildman–Crippen LogP) is 3.97. The molecule has 0 aromatic heterocycles. The Balaban J connectivity index is 1.45. The lowest BCUT2D eigenvalue weighted by Crippen LogP contribution is -2.32. The molecule has 4 rings (SSSR count). The molecular formula is C23H26FNO4S. The van der Waals surface area contributed by atoms with Gasteiger partial charge < -0.3 is 9.47 Å². The molecule has 1 saturated heterocycles. The van der Waals surface area contributed by atoms with Crippen LogP contribution in [0.15, 0.2) is 52.3 Å². The SMILES string of the molecule is COc1cc2c(cc1OC)S(=O)(=O)C(=CC1CCN(Cc3ccc(F)cc3)CC1)C2. The third-order valence-electron chi connectivity index (χ3n) is 5.94. The summed E-state index contributed by atoms with van der Waals surface area (Å²) in [6.45, 7) is 2.56. The third kappa shape index (κ3) is 4.09. The Labute approximate surface area is 177 Å². The molecule has 2 aliphatic rings. The van der Waals surface area contributed by atoms with Crippen LogP contribution in [0.2, 0.25) is 0 Å². The first-order valence-corrected chi connectivity index (χ1v) is 11.6. The number of ether oxygens (including phenoxy) is 2. The summed E-state index contributed by atoms with van der Waals surface area (Å²) in [5, 5.41) is 0. The maximum absolute atomic E-state index is 13.1. The van der Waals surface area contributed by atoms with E-state index in [1.807, 2.05) is 18.2 Å². The molecule has 0 aliphatic carbocycles. The summed E-state index contributed by atoms with van der Waals surface area (Å²) in [6.07, 6.45) is 4.16. The lowest BCUT2D eigenvalue weighted by molar-refractivity contribution is 0.195. The molecule has 0 atom stereocenters. The van der Waals surface area contributed by atoms with Crippen LogP contribution in [-0.4, -0.2) is 40.6 Å². The normalized spacial score (nSPS) is 20.3. The van der Waals surface area contributed by atoms with E-state index in [1.165, 1.54) is 19.2 Å². The van der Waals surface area contributed by atoms with E-state index in [-0.39, 0.29) is 11.7 Å². The first kappa shape index (κ1) is 20.9. The summed E-state index contributed by atoms with van der Waals surface area (Å²) in [5.74, 6) is 0.979. The van der Waals surface area contributed by atoms with Gasteiger partial charge in [0.2, 0.25) is 9.84 Å². The number of hydrogen-bond donors (Lipinski definition) is 0. The number of hydrogen-bond acceptors (Lipinski definition) is 5. The van der Waals surface area contributed by atoms with Crippen LogP contribution >= 0.6 is 0 Å². The second kappa shape index (κ2) is 8.40. The summed E-state index contributed by atoms with van der Waals surface area (Å²) in [6, 6.07) is 9.92. The number of halogens is 1. The van der Waals surface area contributed by atoms with Crippen LogP contribution in [0.3, 0.4) is 0 Å². The van der Waals surface area contributed by atoms with Gasteiger partial charge >= 0.3 is 0 Å². The molecule has 2 aromatic rings. The minimum absolute atomic E-state index is 0.224. The minimum atomic E-state index is -3.49. The number of likely N-dealkylation sites (tertiary alicyclic amines) is 1. The van der Waals surface area contributed by atoms with Gasteiger partial charge in [-0.2, -0.15) is 0 Å². The molecule has 0 unspecified atom stereocenters. The Morgan fingerprint density at radius 2 is 1.70 bits per heavy atom. The molecule has 2 aromatic carbocycles. The fourth-order valence-electron chi connectivity index (χ4n) is 4.25. The van der Waals surface area contributed by atoms with E-state index in [9.17, 15) is 12.8 Å². The molecule has 0 saturated carbocycles. The van der Waals surface area contributed by atoms with Crippen molar-refractivity contribution in [2.24, 2.45) is 5.92 Å². The molecule has 0 radical (unpaired) electrons. The zero-order chi connectivity index (χ0) is 21.3. The predicted molar refractivity (Wildman–Crippen MR) is 113 cm³/mol. The summed E-state index contributed by atoms with van der Waals surface area (Å²) < 4.78 is 49.8. The molecule has 0 amide bonds. The highest BCUT2D eigenvalue weighted by Gasteiger charge is 2.34. The fourth-order valence-corrected chi connectivity index (χ4v) is 5.99. The Morgan fingerprint density at radius 1 is 1.07 bits per heavy atom. The Hall–Kier alpha value is -2.38. The first-order chi connectivity index (χ1) is 14.4. The van der Waals surface area contributed by atoms with E-state index in [2.05, 4.69) is 4.90 Å².